The van der Waals surface area contributed by atoms with Gasteiger partial charge in [0.2, 0.25) is 0 Å². The van der Waals surface area contributed by atoms with E-state index in [1.54, 1.807) is 0 Å². The fourth-order valence-corrected chi connectivity index (χ4v) is 2.67. The molecule has 2 rings (SSSR count). The van der Waals surface area contributed by atoms with Crippen LogP contribution in [0.3, 0.4) is 0 Å². The van der Waals surface area contributed by atoms with Gasteiger partial charge in [-0.1, -0.05) is 44.2 Å². The van der Waals surface area contributed by atoms with Crippen LogP contribution >= 0.6 is 0 Å². The zero-order chi connectivity index (χ0) is 16.7. The van der Waals surface area contributed by atoms with E-state index in [1.165, 1.54) is 5.56 Å². The average Bonchev–Trinajstić information content (AvgIpc) is 2.51. The Labute approximate surface area is 138 Å². The van der Waals surface area contributed by atoms with Crippen molar-refractivity contribution in [2.75, 3.05) is 19.8 Å². The molecule has 5 heteroatoms. The number of aliphatic hydroxyl groups excluding tert-OH is 1. The summed E-state index contributed by atoms with van der Waals surface area (Å²) in [7, 11) is 0. The molecule has 0 unspecified atom stereocenters. The third-order valence-electron chi connectivity index (χ3n) is 3.88. The maximum atomic E-state index is 11.7. The van der Waals surface area contributed by atoms with Crippen LogP contribution in [-0.4, -0.2) is 49.1 Å². The van der Waals surface area contributed by atoms with E-state index in [9.17, 15) is 9.90 Å². The van der Waals surface area contributed by atoms with Gasteiger partial charge in [0, 0.05) is 12.1 Å². The minimum absolute atomic E-state index is 0.0645. The molecule has 1 aliphatic heterocycles. The van der Waals surface area contributed by atoms with E-state index in [0.717, 1.165) is 6.42 Å². The van der Waals surface area contributed by atoms with Gasteiger partial charge >= 0.3 is 5.97 Å². The van der Waals surface area contributed by atoms with Crippen LogP contribution < -0.4 is 5.32 Å². The van der Waals surface area contributed by atoms with Gasteiger partial charge in [-0.25, -0.2) is 0 Å². The van der Waals surface area contributed by atoms with Crippen molar-refractivity contribution in [3.63, 3.8) is 0 Å². The fraction of sp³-hybridized carbons (Fsp3) is 0.611. The molecule has 128 valence electrons. The van der Waals surface area contributed by atoms with Crippen molar-refractivity contribution in [2.24, 2.45) is 5.92 Å². The van der Waals surface area contributed by atoms with E-state index in [-0.39, 0.29) is 30.6 Å². The van der Waals surface area contributed by atoms with Crippen molar-refractivity contribution in [2.45, 2.75) is 44.9 Å². The molecule has 1 fully saturated rings. The Morgan fingerprint density at radius 3 is 2.74 bits per heavy atom. The van der Waals surface area contributed by atoms with Crippen molar-refractivity contribution in [3.05, 3.63) is 35.9 Å². The number of carbonyl (C=O) groups is 1. The van der Waals surface area contributed by atoms with Gasteiger partial charge in [-0.3, -0.25) is 4.79 Å². The van der Waals surface area contributed by atoms with Gasteiger partial charge in [0.15, 0.2) is 0 Å². The van der Waals surface area contributed by atoms with E-state index in [0.29, 0.717) is 19.6 Å². The van der Waals surface area contributed by atoms with E-state index in [4.69, 9.17) is 9.47 Å². The Morgan fingerprint density at radius 1 is 1.30 bits per heavy atom. The quantitative estimate of drug-likeness (QED) is 0.805. The molecule has 1 saturated heterocycles. The smallest absolute Gasteiger partial charge is 0.308 e. The van der Waals surface area contributed by atoms with Crippen LogP contribution in [0.5, 0.6) is 0 Å². The topological polar surface area (TPSA) is 67.8 Å². The zero-order valence-corrected chi connectivity index (χ0v) is 13.9. The van der Waals surface area contributed by atoms with Gasteiger partial charge in [0.05, 0.1) is 25.2 Å². The first kappa shape index (κ1) is 17.9. The summed E-state index contributed by atoms with van der Waals surface area (Å²) >= 11 is 0. The number of ether oxygens (including phenoxy) is 2. The van der Waals surface area contributed by atoms with Gasteiger partial charge in [-0.15, -0.1) is 0 Å². The van der Waals surface area contributed by atoms with Crippen LogP contribution in [-0.2, 0) is 20.7 Å². The third kappa shape index (κ3) is 6.29. The van der Waals surface area contributed by atoms with Crippen LogP contribution in [0.15, 0.2) is 30.3 Å². The van der Waals surface area contributed by atoms with Crippen LogP contribution in [0, 0.1) is 5.92 Å². The maximum Gasteiger partial charge on any atom is 0.308 e. The molecule has 1 heterocycles. The van der Waals surface area contributed by atoms with Crippen molar-refractivity contribution < 1.29 is 19.4 Å². The molecule has 1 aromatic rings. The lowest BCUT2D eigenvalue weighted by Crippen LogP contribution is -2.49. The van der Waals surface area contributed by atoms with Crippen molar-refractivity contribution in [1.29, 1.82) is 0 Å². The predicted molar refractivity (Wildman–Crippen MR) is 88.1 cm³/mol. The van der Waals surface area contributed by atoms with E-state index in [2.05, 4.69) is 17.4 Å². The van der Waals surface area contributed by atoms with Gasteiger partial charge in [0.1, 0.15) is 6.61 Å². The van der Waals surface area contributed by atoms with Crippen molar-refractivity contribution >= 4 is 5.97 Å². The number of aliphatic hydroxyl groups is 1. The Hall–Kier alpha value is -1.43. The van der Waals surface area contributed by atoms with Gasteiger partial charge in [-0.05, 0) is 18.4 Å². The summed E-state index contributed by atoms with van der Waals surface area (Å²) in [4.78, 5) is 11.7. The number of hydrogen-bond donors (Lipinski definition) is 2. The fourth-order valence-electron chi connectivity index (χ4n) is 2.67. The highest BCUT2D eigenvalue weighted by atomic mass is 16.5. The molecule has 0 amide bonds. The summed E-state index contributed by atoms with van der Waals surface area (Å²) in [5, 5.41) is 13.4. The first-order valence-electron chi connectivity index (χ1n) is 8.27. The van der Waals surface area contributed by atoms with Crippen molar-refractivity contribution in [3.8, 4) is 0 Å². The summed E-state index contributed by atoms with van der Waals surface area (Å²) < 4.78 is 10.9. The third-order valence-corrected chi connectivity index (χ3v) is 3.88. The summed E-state index contributed by atoms with van der Waals surface area (Å²) in [5.74, 6) is -0.351. The Balaban J connectivity index is 1.93. The van der Waals surface area contributed by atoms with Crippen molar-refractivity contribution in [1.82, 2.24) is 5.32 Å². The molecule has 0 radical (unpaired) electrons. The van der Waals surface area contributed by atoms with Crippen LogP contribution in [0.2, 0.25) is 0 Å². The van der Waals surface area contributed by atoms with E-state index < -0.39 is 6.10 Å². The molecule has 0 aromatic heterocycles. The Kier molecular flexibility index (Phi) is 7.02. The van der Waals surface area contributed by atoms with Gasteiger partial charge in [0.25, 0.3) is 0 Å². The number of carbonyl (C=O) groups excluding carboxylic acids is 1. The Bertz CT molecular complexity index is 477. The summed E-state index contributed by atoms with van der Waals surface area (Å²) in [6.07, 6.45) is 0.810. The average molecular weight is 321 g/mol. The molecule has 3 atom stereocenters. The number of rotatable bonds is 5. The minimum atomic E-state index is -0.539. The van der Waals surface area contributed by atoms with Gasteiger partial charge in [-0.2, -0.15) is 0 Å². The lowest BCUT2D eigenvalue weighted by atomic mass is 10.0. The zero-order valence-electron chi connectivity index (χ0n) is 13.9. The SMILES string of the molecule is CC(C)C(=O)OC[C@@H]1C[C@H](O)COC[C@H](Cc2ccccc2)N1. The summed E-state index contributed by atoms with van der Waals surface area (Å²) in [6, 6.07) is 10.3. The molecule has 5 nitrogen and oxygen atoms in total. The first-order chi connectivity index (χ1) is 11.0. The molecular formula is C18H27NO4. The standard InChI is InChI=1S/C18H27NO4/c1-13(2)18(21)23-11-16-9-17(20)12-22-10-15(19-16)8-14-6-4-3-5-7-14/h3-7,13,15-17,19-20H,8-12H2,1-2H3/t15-,16-,17-/m0/s1. The molecule has 0 spiro atoms. The summed E-state index contributed by atoms with van der Waals surface area (Å²) in [6.45, 7) is 4.76. The molecule has 0 bridgehead atoms. The van der Waals surface area contributed by atoms with Crippen LogP contribution in [0.1, 0.15) is 25.8 Å². The lowest BCUT2D eigenvalue weighted by Gasteiger charge is -2.30. The van der Waals surface area contributed by atoms with E-state index in [1.807, 2.05) is 32.0 Å². The number of hydrogen-bond acceptors (Lipinski definition) is 5. The molecule has 1 aliphatic rings. The highest BCUT2D eigenvalue weighted by Crippen LogP contribution is 2.11. The second kappa shape index (κ2) is 9.01. The maximum absolute atomic E-state index is 11.7. The minimum Gasteiger partial charge on any atom is -0.464 e. The molecular weight excluding hydrogens is 294 g/mol. The van der Waals surface area contributed by atoms with E-state index >= 15 is 0 Å². The second-order valence-corrected chi connectivity index (χ2v) is 6.46. The monoisotopic (exact) mass is 321 g/mol. The predicted octanol–water partition coefficient (Wildman–Crippen LogP) is 1.54. The van der Waals surface area contributed by atoms with Crippen LogP contribution in [0.25, 0.3) is 0 Å². The normalized spacial score (nSPS) is 25.7. The number of nitrogens with one attached hydrogen (secondary N) is 1. The summed E-state index contributed by atoms with van der Waals surface area (Å²) in [5.41, 5.74) is 1.23. The van der Waals surface area contributed by atoms with Gasteiger partial charge < -0.3 is 19.9 Å². The lowest BCUT2D eigenvalue weighted by molar-refractivity contribution is -0.148. The molecule has 23 heavy (non-hydrogen) atoms. The molecule has 0 saturated carbocycles. The molecule has 2 N–H and O–H groups in total. The Morgan fingerprint density at radius 2 is 2.04 bits per heavy atom. The number of esters is 1. The first-order valence-corrected chi connectivity index (χ1v) is 8.27. The largest absolute Gasteiger partial charge is 0.464 e. The highest BCUT2D eigenvalue weighted by Gasteiger charge is 2.24. The molecule has 1 aromatic carbocycles. The highest BCUT2D eigenvalue weighted by molar-refractivity contribution is 5.71. The second-order valence-electron chi connectivity index (χ2n) is 6.46. The molecule has 0 aliphatic carbocycles. The van der Waals surface area contributed by atoms with Crippen LogP contribution in [0.4, 0.5) is 0 Å². The number of benzene rings is 1.